The third-order valence-corrected chi connectivity index (χ3v) is 4.75. The number of carbonyl (C=O) groups is 2. The summed E-state index contributed by atoms with van der Waals surface area (Å²) in [5.41, 5.74) is 3.85. The zero-order chi connectivity index (χ0) is 21.1. The number of hydrazine groups is 1. The van der Waals surface area contributed by atoms with Crippen LogP contribution in [0.5, 0.6) is 5.75 Å². The van der Waals surface area contributed by atoms with Gasteiger partial charge in [-0.15, -0.1) is 0 Å². The molecule has 1 aliphatic heterocycles. The largest absolute Gasteiger partial charge is 0.488 e. The van der Waals surface area contributed by atoms with Crippen molar-refractivity contribution in [3.8, 4) is 5.75 Å². The lowest BCUT2D eigenvalue weighted by molar-refractivity contribution is -0.117. The third kappa shape index (κ3) is 4.04. The number of nitrogens with zero attached hydrogens (tertiary/aromatic N) is 1. The Labute approximate surface area is 177 Å². The van der Waals surface area contributed by atoms with Crippen LogP contribution in [0.2, 0.25) is 5.02 Å². The molecular formula is C23H16ClFN2O3. The van der Waals surface area contributed by atoms with Gasteiger partial charge in [-0.1, -0.05) is 48.0 Å². The Morgan fingerprint density at radius 1 is 1.00 bits per heavy atom. The Hall–Kier alpha value is -3.64. The minimum absolute atomic E-state index is 0.0131. The molecule has 0 radical (unpaired) electrons. The molecule has 1 fully saturated rings. The van der Waals surface area contributed by atoms with E-state index in [0.29, 0.717) is 27.6 Å². The Bertz CT molecular complexity index is 1150. The maximum atomic E-state index is 13.9. The van der Waals surface area contributed by atoms with Gasteiger partial charge < -0.3 is 4.74 Å². The average Bonchev–Trinajstić information content (AvgIpc) is 3.03. The van der Waals surface area contributed by atoms with Crippen LogP contribution in [0.4, 0.5) is 10.1 Å². The molecule has 1 aliphatic rings. The molecule has 0 atom stereocenters. The Balaban J connectivity index is 1.63. The van der Waals surface area contributed by atoms with Crippen molar-refractivity contribution in [1.82, 2.24) is 5.43 Å². The van der Waals surface area contributed by atoms with Crippen molar-refractivity contribution in [3.63, 3.8) is 0 Å². The highest BCUT2D eigenvalue weighted by Crippen LogP contribution is 2.28. The molecule has 3 aromatic carbocycles. The number of halogens is 2. The first-order chi connectivity index (χ1) is 14.5. The monoisotopic (exact) mass is 422 g/mol. The van der Waals surface area contributed by atoms with Crippen molar-refractivity contribution in [2.45, 2.75) is 6.61 Å². The Morgan fingerprint density at radius 3 is 2.50 bits per heavy atom. The van der Waals surface area contributed by atoms with E-state index in [1.807, 2.05) is 6.07 Å². The van der Waals surface area contributed by atoms with E-state index in [0.717, 1.165) is 0 Å². The van der Waals surface area contributed by atoms with Gasteiger partial charge in [0.05, 0.1) is 5.69 Å². The van der Waals surface area contributed by atoms with Gasteiger partial charge in [0.15, 0.2) is 0 Å². The minimum Gasteiger partial charge on any atom is -0.488 e. The number of hydrogen-bond acceptors (Lipinski definition) is 3. The third-order valence-electron chi connectivity index (χ3n) is 4.52. The van der Waals surface area contributed by atoms with Crippen LogP contribution in [-0.2, 0) is 16.2 Å². The molecule has 1 heterocycles. The van der Waals surface area contributed by atoms with Gasteiger partial charge in [-0.05, 0) is 42.5 Å². The lowest BCUT2D eigenvalue weighted by Gasteiger charge is -2.14. The summed E-state index contributed by atoms with van der Waals surface area (Å²) in [5, 5.41) is 1.59. The molecule has 7 heteroatoms. The van der Waals surface area contributed by atoms with Crippen LogP contribution in [-0.4, -0.2) is 11.8 Å². The van der Waals surface area contributed by atoms with Crippen LogP contribution in [0.1, 0.15) is 11.1 Å². The first kappa shape index (κ1) is 19.7. The molecule has 0 spiro atoms. The number of anilines is 1. The second kappa shape index (κ2) is 8.39. The number of carbonyl (C=O) groups excluding carboxylic acids is 2. The van der Waals surface area contributed by atoms with Crippen molar-refractivity contribution in [2.24, 2.45) is 0 Å². The number of amides is 2. The predicted molar refractivity (Wildman–Crippen MR) is 112 cm³/mol. The summed E-state index contributed by atoms with van der Waals surface area (Å²) in [6.45, 7) is -0.0131. The maximum Gasteiger partial charge on any atom is 0.282 e. The fourth-order valence-electron chi connectivity index (χ4n) is 3.01. The van der Waals surface area contributed by atoms with Gasteiger partial charge in [0.25, 0.3) is 11.8 Å². The van der Waals surface area contributed by atoms with Gasteiger partial charge in [-0.2, -0.15) is 0 Å². The maximum absolute atomic E-state index is 13.9. The molecule has 30 heavy (non-hydrogen) atoms. The quantitative estimate of drug-likeness (QED) is 0.486. The first-order valence-electron chi connectivity index (χ1n) is 9.11. The molecule has 150 valence electrons. The second-order valence-corrected chi connectivity index (χ2v) is 6.97. The molecule has 2 amide bonds. The molecule has 0 bridgehead atoms. The number of rotatable bonds is 5. The summed E-state index contributed by atoms with van der Waals surface area (Å²) in [6, 6.07) is 19.9. The molecule has 5 nitrogen and oxygen atoms in total. The van der Waals surface area contributed by atoms with Crippen molar-refractivity contribution in [2.75, 3.05) is 5.01 Å². The lowest BCUT2D eigenvalue weighted by Crippen LogP contribution is -2.35. The summed E-state index contributed by atoms with van der Waals surface area (Å²) < 4.78 is 19.6. The molecule has 0 unspecified atom stereocenters. The lowest BCUT2D eigenvalue weighted by atomic mass is 10.1. The van der Waals surface area contributed by atoms with Crippen LogP contribution in [0.25, 0.3) is 6.08 Å². The van der Waals surface area contributed by atoms with E-state index in [4.69, 9.17) is 16.3 Å². The van der Waals surface area contributed by atoms with Gasteiger partial charge >= 0.3 is 0 Å². The average molecular weight is 423 g/mol. The standard InChI is InChI=1S/C23H16ClFN2O3/c24-17-10-11-21(30-14-15-6-4-5-9-20(15)25)16(12-17)13-19-22(28)26-27(23(19)29)18-7-2-1-3-8-18/h1-13H,14H2,(H,26,28)/b19-13-. The summed E-state index contributed by atoms with van der Waals surface area (Å²) in [4.78, 5) is 25.2. The van der Waals surface area contributed by atoms with Crippen LogP contribution < -0.4 is 15.2 Å². The predicted octanol–water partition coefficient (Wildman–Crippen LogP) is 4.52. The van der Waals surface area contributed by atoms with E-state index in [-0.39, 0.29) is 18.0 Å². The van der Waals surface area contributed by atoms with Crippen LogP contribution in [0.15, 0.2) is 78.4 Å². The normalized spacial score (nSPS) is 14.9. The van der Waals surface area contributed by atoms with Crippen molar-refractivity contribution >= 4 is 35.2 Å². The summed E-state index contributed by atoms with van der Waals surface area (Å²) in [5.74, 6) is -1.04. The fraction of sp³-hybridized carbons (Fsp3) is 0.0435. The Morgan fingerprint density at radius 2 is 1.73 bits per heavy atom. The number of hydrogen-bond donors (Lipinski definition) is 1. The van der Waals surface area contributed by atoms with E-state index in [2.05, 4.69) is 5.43 Å². The smallest absolute Gasteiger partial charge is 0.282 e. The number of ether oxygens (including phenoxy) is 1. The fourth-order valence-corrected chi connectivity index (χ4v) is 3.19. The van der Waals surface area contributed by atoms with Crippen molar-refractivity contribution in [3.05, 3.63) is 100 Å². The van der Waals surface area contributed by atoms with E-state index in [1.165, 1.54) is 17.2 Å². The van der Waals surface area contributed by atoms with Crippen LogP contribution >= 0.6 is 11.6 Å². The summed E-state index contributed by atoms with van der Waals surface area (Å²) in [6.07, 6.45) is 1.42. The summed E-state index contributed by atoms with van der Waals surface area (Å²) >= 11 is 6.10. The first-order valence-corrected chi connectivity index (χ1v) is 9.48. The SMILES string of the molecule is O=C1NN(c2ccccc2)C(=O)/C1=C\c1cc(Cl)ccc1OCc1ccccc1F. The van der Waals surface area contributed by atoms with Crippen molar-refractivity contribution < 1.29 is 18.7 Å². The highest BCUT2D eigenvalue weighted by Gasteiger charge is 2.34. The van der Waals surface area contributed by atoms with Gasteiger partial charge in [0, 0.05) is 16.1 Å². The molecule has 1 saturated heterocycles. The Kier molecular flexibility index (Phi) is 5.50. The topological polar surface area (TPSA) is 58.6 Å². The minimum atomic E-state index is -0.538. The molecular weight excluding hydrogens is 407 g/mol. The van der Waals surface area contributed by atoms with E-state index >= 15 is 0 Å². The molecule has 4 rings (SSSR count). The number of nitrogens with one attached hydrogen (secondary N) is 1. The molecule has 0 saturated carbocycles. The van der Waals surface area contributed by atoms with Crippen LogP contribution in [0.3, 0.4) is 0 Å². The van der Waals surface area contributed by atoms with Gasteiger partial charge in [-0.3, -0.25) is 15.0 Å². The highest BCUT2D eigenvalue weighted by atomic mass is 35.5. The van der Waals surface area contributed by atoms with E-state index in [1.54, 1.807) is 60.7 Å². The van der Waals surface area contributed by atoms with E-state index < -0.39 is 11.8 Å². The van der Waals surface area contributed by atoms with Gasteiger partial charge in [-0.25, -0.2) is 9.40 Å². The number of para-hydroxylation sites is 1. The summed E-state index contributed by atoms with van der Waals surface area (Å²) in [7, 11) is 0. The molecule has 0 aromatic heterocycles. The highest BCUT2D eigenvalue weighted by molar-refractivity contribution is 6.32. The van der Waals surface area contributed by atoms with E-state index in [9.17, 15) is 14.0 Å². The zero-order valence-electron chi connectivity index (χ0n) is 15.6. The van der Waals surface area contributed by atoms with Gasteiger partial charge in [0.1, 0.15) is 23.7 Å². The molecule has 1 N–H and O–H groups in total. The molecule has 0 aliphatic carbocycles. The number of benzene rings is 3. The second-order valence-electron chi connectivity index (χ2n) is 6.54. The van der Waals surface area contributed by atoms with Crippen LogP contribution in [0, 0.1) is 5.82 Å². The molecule has 3 aromatic rings. The van der Waals surface area contributed by atoms with Crippen molar-refractivity contribution in [1.29, 1.82) is 0 Å². The van der Waals surface area contributed by atoms with Gasteiger partial charge in [0.2, 0.25) is 0 Å². The zero-order valence-corrected chi connectivity index (χ0v) is 16.4.